The van der Waals surface area contributed by atoms with Crippen molar-refractivity contribution in [2.24, 2.45) is 5.73 Å². The van der Waals surface area contributed by atoms with Gasteiger partial charge in [-0.3, -0.25) is 14.4 Å². The molecule has 0 saturated heterocycles. The zero-order valence-corrected chi connectivity index (χ0v) is 19.6. The number of benzene rings is 1. The fourth-order valence-corrected chi connectivity index (χ4v) is 3.35. The number of hydrogen-bond acceptors (Lipinski definition) is 8. The van der Waals surface area contributed by atoms with Gasteiger partial charge >= 0.3 is 5.97 Å². The summed E-state index contributed by atoms with van der Waals surface area (Å²) in [6, 6.07) is 2.16. The van der Waals surface area contributed by atoms with Crippen LogP contribution in [0.15, 0.2) is 24.3 Å². The SMILES string of the molecule is CSCCC(NC(=O)C(CS)NC(=O)C(C)NC(=O)C(N)Cc1ccc(O)cc1)C(=O)O. The van der Waals surface area contributed by atoms with Crippen LogP contribution in [0.4, 0.5) is 0 Å². The van der Waals surface area contributed by atoms with Crippen molar-refractivity contribution in [2.75, 3.05) is 17.8 Å². The monoisotopic (exact) mass is 486 g/mol. The van der Waals surface area contributed by atoms with Gasteiger partial charge < -0.3 is 31.9 Å². The van der Waals surface area contributed by atoms with Gasteiger partial charge in [-0.25, -0.2) is 4.79 Å². The van der Waals surface area contributed by atoms with Crippen LogP contribution in [0, 0.1) is 0 Å². The predicted octanol–water partition coefficient (Wildman–Crippen LogP) is -0.496. The van der Waals surface area contributed by atoms with Gasteiger partial charge in [0.15, 0.2) is 0 Å². The molecule has 0 saturated carbocycles. The van der Waals surface area contributed by atoms with E-state index < -0.39 is 47.9 Å². The number of aromatic hydroxyl groups is 1. The minimum absolute atomic E-state index is 0.0620. The average Bonchev–Trinajstić information content (AvgIpc) is 2.75. The molecule has 0 aliphatic carbocycles. The zero-order valence-electron chi connectivity index (χ0n) is 17.9. The minimum Gasteiger partial charge on any atom is -0.508 e. The molecule has 7 N–H and O–H groups in total. The number of thioether (sulfide) groups is 1. The number of nitrogens with two attached hydrogens (primary N) is 1. The number of hydrogen-bond donors (Lipinski definition) is 7. The third kappa shape index (κ3) is 9.37. The molecule has 178 valence electrons. The highest BCUT2D eigenvalue weighted by atomic mass is 32.2. The first kappa shape index (κ1) is 27.6. The molecule has 32 heavy (non-hydrogen) atoms. The lowest BCUT2D eigenvalue weighted by Crippen LogP contribution is -2.57. The fraction of sp³-hybridized carbons (Fsp3) is 0.500. The molecule has 4 unspecified atom stereocenters. The lowest BCUT2D eigenvalue weighted by atomic mass is 10.1. The summed E-state index contributed by atoms with van der Waals surface area (Å²) in [5.74, 6) is -2.46. The Balaban J connectivity index is 2.61. The molecule has 0 aromatic heterocycles. The van der Waals surface area contributed by atoms with Gasteiger partial charge in [-0.15, -0.1) is 0 Å². The van der Waals surface area contributed by atoms with Gasteiger partial charge in [-0.2, -0.15) is 24.4 Å². The highest BCUT2D eigenvalue weighted by Crippen LogP contribution is 2.11. The summed E-state index contributed by atoms with van der Waals surface area (Å²) in [5, 5.41) is 25.9. The average molecular weight is 487 g/mol. The number of carboxylic acid groups (broad SMARTS) is 1. The van der Waals surface area contributed by atoms with Crippen LogP contribution < -0.4 is 21.7 Å². The summed E-state index contributed by atoms with van der Waals surface area (Å²) in [5.41, 5.74) is 6.63. The Morgan fingerprint density at radius 1 is 1.03 bits per heavy atom. The first-order valence-electron chi connectivity index (χ1n) is 9.86. The Labute approximate surface area is 196 Å². The quantitative estimate of drug-likeness (QED) is 0.183. The Bertz CT molecular complexity index is 793. The van der Waals surface area contributed by atoms with Crippen LogP contribution in [0.25, 0.3) is 0 Å². The maximum absolute atomic E-state index is 12.4. The number of aliphatic carboxylic acids is 1. The van der Waals surface area contributed by atoms with Gasteiger partial charge in [0.05, 0.1) is 6.04 Å². The summed E-state index contributed by atoms with van der Waals surface area (Å²) in [7, 11) is 0. The number of nitrogens with one attached hydrogen (secondary N) is 3. The van der Waals surface area contributed by atoms with Crippen molar-refractivity contribution in [2.45, 2.75) is 43.9 Å². The molecule has 12 heteroatoms. The molecule has 4 atom stereocenters. The third-order valence-corrected chi connectivity index (χ3v) is 5.53. The maximum atomic E-state index is 12.4. The Morgan fingerprint density at radius 3 is 2.16 bits per heavy atom. The zero-order chi connectivity index (χ0) is 24.3. The van der Waals surface area contributed by atoms with E-state index in [1.54, 1.807) is 12.1 Å². The molecule has 0 fully saturated rings. The molecule has 0 aliphatic rings. The summed E-state index contributed by atoms with van der Waals surface area (Å²) in [4.78, 5) is 48.5. The highest BCUT2D eigenvalue weighted by molar-refractivity contribution is 7.98. The molecular formula is C20H30N4O6S2. The molecular weight excluding hydrogens is 456 g/mol. The van der Waals surface area contributed by atoms with Crippen LogP contribution in [0.2, 0.25) is 0 Å². The molecule has 0 bridgehead atoms. The number of thiol groups is 1. The smallest absolute Gasteiger partial charge is 0.326 e. The Kier molecular flexibility index (Phi) is 12.0. The van der Waals surface area contributed by atoms with Gasteiger partial charge in [0.1, 0.15) is 23.9 Å². The van der Waals surface area contributed by atoms with Gasteiger partial charge in [0.25, 0.3) is 0 Å². The number of carboxylic acids is 1. The van der Waals surface area contributed by atoms with E-state index in [1.165, 1.54) is 30.8 Å². The van der Waals surface area contributed by atoms with Gasteiger partial charge in [-0.1, -0.05) is 12.1 Å². The van der Waals surface area contributed by atoms with E-state index >= 15 is 0 Å². The standard InChI is InChI=1S/C20H30N4O6S2/c1-11(22-18(27)14(21)9-12-3-5-13(25)6-4-12)17(26)24-16(10-31)19(28)23-15(20(29)30)7-8-32-2/h3-6,11,14-16,25,31H,7-10,21H2,1-2H3,(H,22,27)(H,23,28)(H,24,26)(H,29,30). The van der Waals surface area contributed by atoms with Crippen molar-refractivity contribution in [3.63, 3.8) is 0 Å². The minimum atomic E-state index is -1.17. The summed E-state index contributed by atoms with van der Waals surface area (Å²) >= 11 is 5.51. The van der Waals surface area contributed by atoms with Crippen molar-refractivity contribution < 1.29 is 29.4 Å². The Morgan fingerprint density at radius 2 is 1.62 bits per heavy atom. The van der Waals surface area contributed by atoms with E-state index in [-0.39, 0.29) is 24.3 Å². The number of rotatable bonds is 13. The largest absolute Gasteiger partial charge is 0.508 e. The van der Waals surface area contributed by atoms with Crippen LogP contribution in [0.3, 0.4) is 0 Å². The highest BCUT2D eigenvalue weighted by Gasteiger charge is 2.28. The first-order chi connectivity index (χ1) is 15.1. The summed E-state index contributed by atoms with van der Waals surface area (Å²) < 4.78 is 0. The van der Waals surface area contributed by atoms with Crippen LogP contribution in [-0.4, -0.2) is 75.8 Å². The topological polar surface area (TPSA) is 171 Å². The normalized spacial score (nSPS) is 14.5. The number of carbonyl (C=O) groups is 4. The lowest BCUT2D eigenvalue weighted by molar-refractivity contribution is -0.142. The van der Waals surface area contributed by atoms with Crippen molar-refractivity contribution >= 4 is 48.1 Å². The van der Waals surface area contributed by atoms with Crippen LogP contribution in [0.5, 0.6) is 5.75 Å². The van der Waals surface area contributed by atoms with E-state index in [4.69, 9.17) is 5.73 Å². The number of phenolic OH excluding ortho intramolecular Hbond substituents is 1. The second kappa shape index (κ2) is 13.9. The van der Waals surface area contributed by atoms with Crippen LogP contribution in [0.1, 0.15) is 18.9 Å². The van der Waals surface area contributed by atoms with E-state index in [0.29, 0.717) is 5.75 Å². The number of amides is 3. The van der Waals surface area contributed by atoms with Crippen LogP contribution >= 0.6 is 24.4 Å². The van der Waals surface area contributed by atoms with Crippen molar-refractivity contribution in [1.29, 1.82) is 0 Å². The number of phenols is 1. The van der Waals surface area contributed by atoms with Crippen molar-refractivity contribution in [3.05, 3.63) is 29.8 Å². The van der Waals surface area contributed by atoms with Crippen LogP contribution in [-0.2, 0) is 25.6 Å². The van der Waals surface area contributed by atoms with Crippen molar-refractivity contribution in [3.8, 4) is 5.75 Å². The maximum Gasteiger partial charge on any atom is 0.326 e. The molecule has 0 radical (unpaired) electrons. The second-order valence-corrected chi connectivity index (χ2v) is 8.48. The Hall–Kier alpha value is -2.44. The summed E-state index contributed by atoms with van der Waals surface area (Å²) in [6.07, 6.45) is 2.26. The molecule has 1 aromatic rings. The molecule has 0 aliphatic heterocycles. The molecule has 0 heterocycles. The lowest BCUT2D eigenvalue weighted by Gasteiger charge is -2.22. The molecule has 0 spiro atoms. The molecule has 1 rings (SSSR count). The molecule has 10 nitrogen and oxygen atoms in total. The predicted molar refractivity (Wildman–Crippen MR) is 126 cm³/mol. The van der Waals surface area contributed by atoms with E-state index in [9.17, 15) is 29.4 Å². The van der Waals surface area contributed by atoms with Gasteiger partial charge in [-0.05, 0) is 49.5 Å². The van der Waals surface area contributed by atoms with Gasteiger partial charge in [0.2, 0.25) is 17.7 Å². The molecule has 3 amide bonds. The fourth-order valence-electron chi connectivity index (χ4n) is 2.62. The number of carbonyl (C=O) groups excluding carboxylic acids is 3. The summed E-state index contributed by atoms with van der Waals surface area (Å²) in [6.45, 7) is 1.44. The van der Waals surface area contributed by atoms with Crippen molar-refractivity contribution in [1.82, 2.24) is 16.0 Å². The first-order valence-corrected chi connectivity index (χ1v) is 11.9. The third-order valence-electron chi connectivity index (χ3n) is 4.52. The molecule has 1 aromatic carbocycles. The second-order valence-electron chi connectivity index (χ2n) is 7.13. The van der Waals surface area contributed by atoms with Gasteiger partial charge in [0, 0.05) is 5.75 Å². The van der Waals surface area contributed by atoms with E-state index in [2.05, 4.69) is 28.6 Å². The van der Waals surface area contributed by atoms with E-state index in [1.807, 2.05) is 6.26 Å². The van der Waals surface area contributed by atoms with E-state index in [0.717, 1.165) is 5.56 Å².